The van der Waals surface area contributed by atoms with Gasteiger partial charge in [-0.25, -0.2) is 0 Å². The van der Waals surface area contributed by atoms with Crippen LogP contribution in [0.2, 0.25) is 0 Å². The van der Waals surface area contributed by atoms with Crippen LogP contribution in [0.1, 0.15) is 5.56 Å². The van der Waals surface area contributed by atoms with Crippen molar-refractivity contribution in [3.63, 3.8) is 0 Å². The third-order valence-corrected chi connectivity index (χ3v) is 4.54. The van der Waals surface area contributed by atoms with Gasteiger partial charge < -0.3 is 19.5 Å². The first kappa shape index (κ1) is 12.1. The lowest BCUT2D eigenvalue weighted by molar-refractivity contribution is 0.314. The molecule has 1 aromatic rings. The number of pyridine rings is 1. The molecule has 0 saturated carbocycles. The Morgan fingerprint density at radius 3 is 3.00 bits per heavy atom. The van der Waals surface area contributed by atoms with Gasteiger partial charge in [0.05, 0.1) is 13.1 Å². The average Bonchev–Trinajstić information content (AvgIpc) is 2.64. The lowest BCUT2D eigenvalue weighted by Crippen LogP contribution is -2.40. The second-order valence-electron chi connectivity index (χ2n) is 4.49. The minimum absolute atomic E-state index is 0.650. The highest BCUT2D eigenvalue weighted by Gasteiger charge is 2.21. The number of anilines is 1. The molecule has 0 unspecified atom stereocenters. The summed E-state index contributed by atoms with van der Waals surface area (Å²) in [5, 5.41) is 3.29. The number of aromatic nitrogens is 1. The van der Waals surface area contributed by atoms with Crippen LogP contribution < -0.4 is 15.0 Å². The van der Waals surface area contributed by atoms with Crippen LogP contribution in [0.5, 0.6) is 5.88 Å². The predicted octanol–water partition coefficient (Wildman–Crippen LogP) is 0.132. The maximum Gasteiger partial charge on any atom is 0.219 e. The van der Waals surface area contributed by atoms with Crippen LogP contribution in [-0.4, -0.2) is 47.3 Å². The molecule has 0 atom stereocenters. The quantitative estimate of drug-likeness (QED) is 0.733. The summed E-state index contributed by atoms with van der Waals surface area (Å²) in [4.78, 5) is 6.77. The molecule has 2 aliphatic rings. The first-order valence-corrected chi connectivity index (χ1v) is 7.75. The van der Waals surface area contributed by atoms with E-state index in [-0.39, 0.29) is 0 Å². The summed E-state index contributed by atoms with van der Waals surface area (Å²) < 4.78 is 17.0. The van der Waals surface area contributed by atoms with Crippen molar-refractivity contribution in [1.82, 2.24) is 10.3 Å². The molecule has 18 heavy (non-hydrogen) atoms. The fourth-order valence-corrected chi connectivity index (χ4v) is 3.26. The first-order valence-electron chi connectivity index (χ1n) is 6.26. The monoisotopic (exact) mass is 267 g/mol. The van der Waals surface area contributed by atoms with Gasteiger partial charge in [0.1, 0.15) is 23.9 Å². The van der Waals surface area contributed by atoms with Crippen LogP contribution in [0.25, 0.3) is 0 Å². The molecule has 2 aliphatic heterocycles. The molecule has 6 heteroatoms. The Hall–Kier alpha value is -0.980. The van der Waals surface area contributed by atoms with Crippen molar-refractivity contribution in [2.45, 2.75) is 6.54 Å². The van der Waals surface area contributed by atoms with Gasteiger partial charge in [-0.05, 0) is 12.1 Å². The Morgan fingerprint density at radius 1 is 1.33 bits per heavy atom. The maximum absolute atomic E-state index is 11.3. The molecule has 1 fully saturated rings. The van der Waals surface area contributed by atoms with Crippen LogP contribution in [0.4, 0.5) is 5.82 Å². The van der Waals surface area contributed by atoms with E-state index in [4.69, 9.17) is 4.74 Å². The summed E-state index contributed by atoms with van der Waals surface area (Å²) in [5.74, 6) is 3.15. The number of ether oxygens (including phenoxy) is 1. The minimum Gasteiger partial charge on any atom is -0.616 e. The topological polar surface area (TPSA) is 60.5 Å². The van der Waals surface area contributed by atoms with Gasteiger partial charge in [-0.2, -0.15) is 4.98 Å². The van der Waals surface area contributed by atoms with Crippen molar-refractivity contribution in [3.05, 3.63) is 17.7 Å². The summed E-state index contributed by atoms with van der Waals surface area (Å²) in [6.07, 6.45) is 0. The van der Waals surface area contributed by atoms with Gasteiger partial charge >= 0.3 is 0 Å². The molecule has 3 heterocycles. The van der Waals surface area contributed by atoms with Crippen molar-refractivity contribution in [2.24, 2.45) is 0 Å². The fraction of sp³-hybridized carbons (Fsp3) is 0.583. The summed E-state index contributed by atoms with van der Waals surface area (Å²) in [6.45, 7) is 3.96. The standard InChI is InChI=1S/C12H17N3O2S/c16-18-7-4-15(5-8-18)11-2-1-10-9-13-3-6-17-12(10)14-11/h1-2,13H,3-9H2. The second-order valence-corrected chi connectivity index (χ2v) is 6.19. The van der Waals surface area contributed by atoms with E-state index < -0.39 is 11.2 Å². The van der Waals surface area contributed by atoms with Crippen molar-refractivity contribution >= 4 is 17.0 Å². The average molecular weight is 267 g/mol. The van der Waals surface area contributed by atoms with Crippen LogP contribution in [0, 0.1) is 0 Å². The molecule has 1 saturated heterocycles. The zero-order valence-electron chi connectivity index (χ0n) is 10.2. The Morgan fingerprint density at radius 2 is 2.17 bits per heavy atom. The number of nitrogens with zero attached hydrogens (tertiary/aromatic N) is 2. The Bertz CT molecular complexity index is 422. The van der Waals surface area contributed by atoms with E-state index >= 15 is 0 Å². The van der Waals surface area contributed by atoms with Gasteiger partial charge in [0.25, 0.3) is 0 Å². The first-order chi connectivity index (χ1) is 8.83. The number of fused-ring (bicyclic) bond motifs is 1. The maximum atomic E-state index is 11.3. The van der Waals surface area contributed by atoms with Crippen LogP contribution >= 0.6 is 0 Å². The van der Waals surface area contributed by atoms with E-state index in [0.29, 0.717) is 6.61 Å². The normalized spacial score (nSPS) is 21.1. The molecule has 0 aliphatic carbocycles. The van der Waals surface area contributed by atoms with E-state index in [2.05, 4.69) is 21.3 Å². The molecule has 0 spiro atoms. The summed E-state index contributed by atoms with van der Waals surface area (Å²) in [6, 6.07) is 4.10. The van der Waals surface area contributed by atoms with Crippen molar-refractivity contribution in [2.75, 3.05) is 42.6 Å². The van der Waals surface area contributed by atoms with Gasteiger partial charge in [-0.1, -0.05) is 11.2 Å². The third-order valence-electron chi connectivity index (χ3n) is 3.26. The number of hydrogen-bond donors (Lipinski definition) is 1. The van der Waals surface area contributed by atoms with Crippen molar-refractivity contribution in [3.8, 4) is 5.88 Å². The van der Waals surface area contributed by atoms with Crippen LogP contribution in [0.3, 0.4) is 0 Å². The Kier molecular flexibility index (Phi) is 3.58. The molecule has 0 radical (unpaired) electrons. The molecule has 98 valence electrons. The highest BCUT2D eigenvalue weighted by atomic mass is 32.2. The number of nitrogens with one attached hydrogen (secondary N) is 1. The highest BCUT2D eigenvalue weighted by molar-refractivity contribution is 7.91. The molecule has 1 N–H and O–H groups in total. The SMILES string of the molecule is [O-][S+]1CCN(c2ccc3c(n2)OCCNC3)CC1. The van der Waals surface area contributed by atoms with E-state index in [1.54, 1.807) is 0 Å². The summed E-state index contributed by atoms with van der Waals surface area (Å²) in [7, 11) is 0. The predicted molar refractivity (Wildman–Crippen MR) is 71.5 cm³/mol. The smallest absolute Gasteiger partial charge is 0.219 e. The zero-order valence-corrected chi connectivity index (χ0v) is 11.0. The van der Waals surface area contributed by atoms with Gasteiger partial charge in [-0.15, -0.1) is 0 Å². The van der Waals surface area contributed by atoms with Gasteiger partial charge in [0.15, 0.2) is 0 Å². The second kappa shape index (κ2) is 5.34. The lowest BCUT2D eigenvalue weighted by atomic mass is 10.2. The molecular formula is C12H17N3O2S. The molecule has 0 aromatic carbocycles. The fourth-order valence-electron chi connectivity index (χ4n) is 2.21. The van der Waals surface area contributed by atoms with Crippen LogP contribution in [-0.2, 0) is 17.7 Å². The zero-order chi connectivity index (χ0) is 12.4. The molecule has 1 aromatic heterocycles. The van der Waals surface area contributed by atoms with E-state index in [1.165, 1.54) is 0 Å². The highest BCUT2D eigenvalue weighted by Crippen LogP contribution is 2.23. The number of hydrogen-bond acceptors (Lipinski definition) is 5. The largest absolute Gasteiger partial charge is 0.616 e. The molecular weight excluding hydrogens is 250 g/mol. The molecule has 3 rings (SSSR count). The van der Waals surface area contributed by atoms with E-state index in [0.717, 1.165) is 54.9 Å². The van der Waals surface area contributed by atoms with Crippen molar-refractivity contribution in [1.29, 1.82) is 0 Å². The summed E-state index contributed by atoms with van der Waals surface area (Å²) in [5.41, 5.74) is 1.11. The lowest BCUT2D eigenvalue weighted by Gasteiger charge is -2.29. The Labute approximate surface area is 110 Å². The molecule has 0 bridgehead atoms. The van der Waals surface area contributed by atoms with Gasteiger partial charge in [0.2, 0.25) is 5.88 Å². The third kappa shape index (κ3) is 2.55. The Balaban J connectivity index is 1.79. The number of rotatable bonds is 1. The van der Waals surface area contributed by atoms with E-state index in [1.807, 2.05) is 6.07 Å². The van der Waals surface area contributed by atoms with Gasteiger partial charge in [0, 0.05) is 18.7 Å². The van der Waals surface area contributed by atoms with Crippen molar-refractivity contribution < 1.29 is 9.29 Å². The minimum atomic E-state index is -0.650. The van der Waals surface area contributed by atoms with Crippen LogP contribution in [0.15, 0.2) is 12.1 Å². The molecule has 0 amide bonds. The van der Waals surface area contributed by atoms with E-state index in [9.17, 15) is 4.55 Å². The summed E-state index contributed by atoms with van der Waals surface area (Å²) >= 11 is -0.650. The van der Waals surface area contributed by atoms with Gasteiger partial charge in [-0.3, -0.25) is 0 Å². The molecule has 5 nitrogen and oxygen atoms in total.